The number of hydrogen-bond donors (Lipinski definition) is 3. The van der Waals surface area contributed by atoms with Crippen LogP contribution in [0.1, 0.15) is 41.0 Å². The van der Waals surface area contributed by atoms with E-state index in [-0.39, 0.29) is 18.1 Å². The van der Waals surface area contributed by atoms with Gasteiger partial charge in [0.05, 0.1) is 12.7 Å². The minimum atomic E-state index is -2.74. The van der Waals surface area contributed by atoms with Crippen molar-refractivity contribution in [2.24, 2.45) is 5.41 Å². The van der Waals surface area contributed by atoms with Gasteiger partial charge in [-0.15, -0.1) is 0 Å². The van der Waals surface area contributed by atoms with Crippen LogP contribution in [0, 0.1) is 5.41 Å². The molecule has 2 aromatic rings. The molecule has 0 aliphatic heterocycles. The van der Waals surface area contributed by atoms with Crippen molar-refractivity contribution in [1.29, 1.82) is 0 Å². The minimum absolute atomic E-state index is 0.111. The molecule has 0 unspecified atom stereocenters. The third-order valence-corrected chi connectivity index (χ3v) is 5.93. The van der Waals surface area contributed by atoms with E-state index >= 15 is 8.78 Å². The van der Waals surface area contributed by atoms with Gasteiger partial charge in [-0.1, -0.05) is 37.3 Å². The molecule has 0 saturated heterocycles. The van der Waals surface area contributed by atoms with E-state index in [0.717, 1.165) is 32.3 Å². The monoisotopic (exact) mass is 505 g/mol. The summed E-state index contributed by atoms with van der Waals surface area (Å²) in [6.07, 6.45) is 1.66. The Morgan fingerprint density at radius 2 is 1.61 bits per heavy atom. The number of nitrogens with two attached hydrogens (primary N) is 1. The number of nitrogen functional groups attached to an aromatic ring is 1. The van der Waals surface area contributed by atoms with E-state index in [1.165, 1.54) is 6.20 Å². The van der Waals surface area contributed by atoms with Crippen molar-refractivity contribution < 1.29 is 23.2 Å². The fraction of sp³-hybridized carbons (Fsp3) is 0.480. The number of nitrogens with zero attached hydrogens (tertiary/aromatic N) is 2. The van der Waals surface area contributed by atoms with Crippen LogP contribution in [0.5, 0.6) is 0 Å². The van der Waals surface area contributed by atoms with Crippen molar-refractivity contribution in [2.45, 2.75) is 58.9 Å². The Kier molecular flexibility index (Phi) is 8.71. The van der Waals surface area contributed by atoms with Gasteiger partial charge in [0.25, 0.3) is 5.56 Å². The molecule has 0 spiro atoms. The highest BCUT2D eigenvalue weighted by atomic mass is 19.2. The number of carbonyl (C=O) groups is 3. The number of nitrogens with one attached hydrogen (secondary N) is 2. The molecular formula is C25H33F2N5O4. The number of alkyl halides is 2. The van der Waals surface area contributed by atoms with Crippen molar-refractivity contribution in [3.8, 4) is 11.4 Å². The molecule has 0 atom stereocenters. The lowest BCUT2D eigenvalue weighted by Crippen LogP contribution is -2.67. The maximum atomic E-state index is 15.4. The van der Waals surface area contributed by atoms with Crippen molar-refractivity contribution in [3.63, 3.8) is 0 Å². The van der Waals surface area contributed by atoms with Crippen molar-refractivity contribution in [3.05, 3.63) is 46.9 Å². The Balaban J connectivity index is 2.35. The highest BCUT2D eigenvalue weighted by Crippen LogP contribution is 2.47. The Bertz CT molecular complexity index is 1150. The number of carbonyl (C=O) groups excluding carboxylic acids is 3. The normalized spacial score (nSPS) is 12.2. The fourth-order valence-corrected chi connectivity index (χ4v) is 4.39. The van der Waals surface area contributed by atoms with Gasteiger partial charge in [0.1, 0.15) is 29.4 Å². The smallest absolute Gasteiger partial charge is 0.277 e. The van der Waals surface area contributed by atoms with Gasteiger partial charge in [-0.3, -0.25) is 23.7 Å². The van der Waals surface area contributed by atoms with Crippen LogP contribution in [0.15, 0.2) is 41.3 Å². The first-order chi connectivity index (χ1) is 16.7. The number of hydrogen-bond acceptors (Lipinski definition) is 6. The number of benzene rings is 1. The summed E-state index contributed by atoms with van der Waals surface area (Å²) in [7, 11) is 0. The van der Waals surface area contributed by atoms with Crippen LogP contribution in [0.3, 0.4) is 0 Å². The molecule has 196 valence electrons. The maximum absolute atomic E-state index is 15.4. The summed E-state index contributed by atoms with van der Waals surface area (Å²) in [5, 5.41) is 4.70. The lowest BCUT2D eigenvalue weighted by molar-refractivity contribution is -0.167. The van der Waals surface area contributed by atoms with Crippen LogP contribution >= 0.6 is 0 Å². The van der Waals surface area contributed by atoms with Gasteiger partial charge in [-0.05, 0) is 34.1 Å². The minimum Gasteiger partial charge on any atom is -0.393 e. The van der Waals surface area contributed by atoms with Crippen LogP contribution < -0.4 is 21.9 Å². The summed E-state index contributed by atoms with van der Waals surface area (Å²) in [5.74, 6) is -2.90. The molecule has 0 fully saturated rings. The van der Waals surface area contributed by atoms with E-state index in [2.05, 4.69) is 15.6 Å². The molecule has 1 heterocycles. The fourth-order valence-electron chi connectivity index (χ4n) is 4.39. The molecule has 11 heteroatoms. The first-order valence-corrected chi connectivity index (χ1v) is 11.5. The lowest BCUT2D eigenvalue weighted by Gasteiger charge is -2.45. The topological polar surface area (TPSA) is 136 Å². The second kappa shape index (κ2) is 11.0. The molecule has 1 aromatic carbocycles. The van der Waals surface area contributed by atoms with E-state index in [4.69, 9.17) is 5.73 Å². The van der Waals surface area contributed by atoms with Crippen LogP contribution in [-0.2, 0) is 20.9 Å². The summed E-state index contributed by atoms with van der Waals surface area (Å²) in [5.41, 5.74) is -2.60. The number of anilines is 1. The van der Waals surface area contributed by atoms with E-state index < -0.39 is 53.0 Å². The van der Waals surface area contributed by atoms with Crippen LogP contribution in [0.25, 0.3) is 11.4 Å². The highest BCUT2D eigenvalue weighted by molar-refractivity contribution is 6.10. The third kappa shape index (κ3) is 5.60. The molecule has 0 bridgehead atoms. The largest absolute Gasteiger partial charge is 0.393 e. The summed E-state index contributed by atoms with van der Waals surface area (Å²) in [4.78, 5) is 55.8. The van der Waals surface area contributed by atoms with Gasteiger partial charge >= 0.3 is 0 Å². The zero-order chi connectivity index (χ0) is 27.3. The van der Waals surface area contributed by atoms with E-state index in [1.807, 2.05) is 0 Å². The zero-order valence-electron chi connectivity index (χ0n) is 21.2. The molecule has 2 rings (SSSR count). The summed E-state index contributed by atoms with van der Waals surface area (Å²) < 4.78 is 31.9. The Hall–Kier alpha value is -3.63. The summed E-state index contributed by atoms with van der Waals surface area (Å²) in [6, 6.07) is 8.59. The predicted molar refractivity (Wildman–Crippen MR) is 132 cm³/mol. The second-order valence-corrected chi connectivity index (χ2v) is 9.45. The number of halogens is 2. The van der Waals surface area contributed by atoms with Crippen LogP contribution in [-0.4, -0.2) is 51.6 Å². The molecular weight excluding hydrogens is 472 g/mol. The summed E-state index contributed by atoms with van der Waals surface area (Å²) >= 11 is 0. The first kappa shape index (κ1) is 28.6. The molecule has 9 nitrogen and oxygen atoms in total. The van der Waals surface area contributed by atoms with Crippen molar-refractivity contribution in [1.82, 2.24) is 20.2 Å². The highest BCUT2D eigenvalue weighted by Gasteiger charge is 2.66. The Morgan fingerprint density at radius 3 is 2.14 bits per heavy atom. The van der Waals surface area contributed by atoms with E-state index in [9.17, 15) is 19.2 Å². The van der Waals surface area contributed by atoms with Gasteiger partial charge in [-0.25, -0.2) is 13.8 Å². The number of rotatable bonds is 11. The van der Waals surface area contributed by atoms with E-state index in [0.29, 0.717) is 12.0 Å². The molecule has 4 N–H and O–H groups in total. The SMILES string of the molecule is CCCNC(=O)C(C(=O)CNC(=O)Cn1c(-c2ccccc2)ncc(N)c1=O)(C(C)(C)F)C(C)(C)F. The summed E-state index contributed by atoms with van der Waals surface area (Å²) in [6.45, 7) is 4.24. The van der Waals surface area contributed by atoms with Crippen molar-refractivity contribution >= 4 is 23.3 Å². The molecule has 0 saturated carbocycles. The molecule has 36 heavy (non-hydrogen) atoms. The van der Waals surface area contributed by atoms with Crippen LogP contribution in [0.4, 0.5) is 14.5 Å². The number of amides is 2. The first-order valence-electron chi connectivity index (χ1n) is 11.5. The molecule has 1 aromatic heterocycles. The molecule has 0 aliphatic rings. The van der Waals surface area contributed by atoms with Gasteiger partial charge < -0.3 is 16.4 Å². The van der Waals surface area contributed by atoms with Gasteiger partial charge in [0.2, 0.25) is 11.8 Å². The van der Waals surface area contributed by atoms with Gasteiger partial charge in [0, 0.05) is 12.1 Å². The number of Topliss-reactive ketones (excluding diaryl/α,β-unsaturated/α-hetero) is 1. The Labute approximate surface area is 208 Å². The average molecular weight is 506 g/mol. The lowest BCUT2D eigenvalue weighted by atomic mass is 9.61. The van der Waals surface area contributed by atoms with Gasteiger partial charge in [0.15, 0.2) is 11.2 Å². The predicted octanol–water partition coefficient (Wildman–Crippen LogP) is 2.19. The number of ketones is 1. The molecule has 0 radical (unpaired) electrons. The zero-order valence-corrected chi connectivity index (χ0v) is 21.2. The maximum Gasteiger partial charge on any atom is 0.277 e. The van der Waals surface area contributed by atoms with Crippen LogP contribution in [0.2, 0.25) is 0 Å². The second-order valence-electron chi connectivity index (χ2n) is 9.45. The van der Waals surface area contributed by atoms with Crippen molar-refractivity contribution in [2.75, 3.05) is 18.8 Å². The quantitative estimate of drug-likeness (QED) is 0.401. The Morgan fingerprint density at radius 1 is 1.03 bits per heavy atom. The van der Waals surface area contributed by atoms with Gasteiger partial charge in [-0.2, -0.15) is 0 Å². The molecule has 2 amide bonds. The standard InChI is InChI=1S/C25H33F2N5O4/c1-6-12-29-22(36)25(23(2,3)26,24(4,5)27)18(33)14-30-19(34)15-32-20(16-10-8-7-9-11-16)31-13-17(28)21(32)35/h7-11,13H,6,12,14-15,28H2,1-5H3,(H,29,36)(H,30,34). The number of aromatic nitrogens is 2. The molecule has 0 aliphatic carbocycles. The average Bonchev–Trinajstić information content (AvgIpc) is 2.78. The third-order valence-electron chi connectivity index (χ3n) is 5.93. The van der Waals surface area contributed by atoms with E-state index in [1.54, 1.807) is 37.3 Å².